The number of hydrogen-bond donors (Lipinski definition) is 1. The number of methoxy groups -OCH3 is 1. The zero-order valence-electron chi connectivity index (χ0n) is 15.7. The molecule has 3 aromatic carbocycles. The summed E-state index contributed by atoms with van der Waals surface area (Å²) >= 11 is 3.49. The molecule has 0 aromatic heterocycles. The van der Waals surface area contributed by atoms with Crippen LogP contribution < -0.4 is 14.8 Å². The summed E-state index contributed by atoms with van der Waals surface area (Å²) in [4.78, 5) is 12.1. The molecular weight excluding hydrogens is 437 g/mol. The highest BCUT2D eigenvalue weighted by Gasteiger charge is 2.11. The van der Waals surface area contributed by atoms with Crippen molar-refractivity contribution in [2.75, 3.05) is 12.4 Å². The number of nitrogens with one attached hydrogen (secondary N) is 1. The molecule has 0 spiro atoms. The summed E-state index contributed by atoms with van der Waals surface area (Å²) < 4.78 is 25.7. The predicted octanol–water partition coefficient (Wildman–Crippen LogP) is 5.83. The molecule has 0 atom stereocenters. The minimum atomic E-state index is -0.487. The Labute approximate surface area is 177 Å². The Morgan fingerprint density at radius 2 is 1.83 bits per heavy atom. The van der Waals surface area contributed by atoms with E-state index in [-0.39, 0.29) is 5.69 Å². The zero-order chi connectivity index (χ0) is 20.6. The van der Waals surface area contributed by atoms with Crippen LogP contribution in [0.3, 0.4) is 0 Å². The normalized spacial score (nSPS) is 10.7. The summed E-state index contributed by atoms with van der Waals surface area (Å²) in [7, 11) is 1.55. The molecule has 0 aliphatic heterocycles. The van der Waals surface area contributed by atoms with Crippen molar-refractivity contribution in [2.24, 2.45) is 0 Å². The van der Waals surface area contributed by atoms with E-state index in [2.05, 4.69) is 21.2 Å². The number of carbonyl (C=O) groups excluding carboxylic acids is 1. The molecule has 0 saturated carbocycles. The topological polar surface area (TPSA) is 47.6 Å². The van der Waals surface area contributed by atoms with Crippen LogP contribution in [0.15, 0.2) is 77.3 Å². The lowest BCUT2D eigenvalue weighted by Gasteiger charge is -2.13. The van der Waals surface area contributed by atoms with E-state index < -0.39 is 11.7 Å². The first kappa shape index (κ1) is 20.6. The number of halogens is 2. The van der Waals surface area contributed by atoms with E-state index in [0.29, 0.717) is 22.6 Å². The Kier molecular flexibility index (Phi) is 7.03. The Hall–Kier alpha value is -3.12. The van der Waals surface area contributed by atoms with Gasteiger partial charge in [0.25, 0.3) is 0 Å². The van der Waals surface area contributed by atoms with Crippen molar-refractivity contribution in [2.45, 2.75) is 6.61 Å². The molecule has 0 heterocycles. The molecule has 1 N–H and O–H groups in total. The predicted molar refractivity (Wildman–Crippen MR) is 116 cm³/mol. The van der Waals surface area contributed by atoms with Gasteiger partial charge in [0.1, 0.15) is 12.4 Å². The van der Waals surface area contributed by atoms with E-state index in [1.807, 2.05) is 36.4 Å². The van der Waals surface area contributed by atoms with Gasteiger partial charge in [0, 0.05) is 6.08 Å². The quantitative estimate of drug-likeness (QED) is 0.456. The lowest BCUT2D eigenvalue weighted by molar-refractivity contribution is -0.111. The van der Waals surface area contributed by atoms with Crippen LogP contribution in [0.2, 0.25) is 0 Å². The zero-order valence-corrected chi connectivity index (χ0v) is 17.3. The van der Waals surface area contributed by atoms with E-state index in [9.17, 15) is 9.18 Å². The lowest BCUT2D eigenvalue weighted by atomic mass is 10.2. The number of ether oxygens (including phenoxy) is 2. The fraction of sp³-hybridized carbons (Fsp3) is 0.0870. The van der Waals surface area contributed by atoms with E-state index in [0.717, 1.165) is 11.1 Å². The molecule has 0 bridgehead atoms. The molecule has 1 amide bonds. The van der Waals surface area contributed by atoms with Gasteiger partial charge in [0.2, 0.25) is 5.91 Å². The van der Waals surface area contributed by atoms with Crippen molar-refractivity contribution in [3.63, 3.8) is 0 Å². The van der Waals surface area contributed by atoms with Gasteiger partial charge >= 0.3 is 0 Å². The molecule has 0 fully saturated rings. The van der Waals surface area contributed by atoms with Gasteiger partial charge in [-0.15, -0.1) is 0 Å². The van der Waals surface area contributed by atoms with Crippen molar-refractivity contribution in [3.8, 4) is 11.5 Å². The maximum absolute atomic E-state index is 13.6. The summed E-state index contributed by atoms with van der Waals surface area (Å²) in [6.45, 7) is 0.399. The van der Waals surface area contributed by atoms with Crippen LogP contribution in [0.25, 0.3) is 6.08 Å². The summed E-state index contributed by atoms with van der Waals surface area (Å²) in [5, 5.41) is 2.51. The molecule has 6 heteroatoms. The summed E-state index contributed by atoms with van der Waals surface area (Å²) in [5.74, 6) is 0.182. The number of amides is 1. The third-order valence-electron chi connectivity index (χ3n) is 4.04. The fourth-order valence-electron chi connectivity index (χ4n) is 2.61. The highest BCUT2D eigenvalue weighted by atomic mass is 79.9. The number of benzene rings is 3. The monoisotopic (exact) mass is 455 g/mol. The van der Waals surface area contributed by atoms with E-state index in [1.165, 1.54) is 18.2 Å². The van der Waals surface area contributed by atoms with Crippen LogP contribution >= 0.6 is 15.9 Å². The molecule has 3 rings (SSSR count). The van der Waals surface area contributed by atoms with Crippen molar-refractivity contribution in [3.05, 3.63) is 94.2 Å². The maximum atomic E-state index is 13.6. The van der Waals surface area contributed by atoms with Crippen molar-refractivity contribution in [1.82, 2.24) is 0 Å². The van der Waals surface area contributed by atoms with Crippen molar-refractivity contribution >= 4 is 33.6 Å². The van der Waals surface area contributed by atoms with Gasteiger partial charge in [-0.1, -0.05) is 42.5 Å². The van der Waals surface area contributed by atoms with Crippen LogP contribution in [-0.2, 0) is 11.4 Å². The van der Waals surface area contributed by atoms with Gasteiger partial charge in [-0.3, -0.25) is 4.79 Å². The third kappa shape index (κ3) is 5.68. The minimum Gasteiger partial charge on any atom is -0.493 e. The second-order valence-electron chi connectivity index (χ2n) is 6.11. The number of para-hydroxylation sites is 1. The molecule has 3 aromatic rings. The Bertz CT molecular complexity index is 1020. The molecular formula is C23H19BrFNO3. The lowest BCUT2D eigenvalue weighted by Crippen LogP contribution is -2.09. The Balaban J connectivity index is 1.71. The molecule has 0 aliphatic carbocycles. The van der Waals surface area contributed by atoms with Gasteiger partial charge in [-0.25, -0.2) is 4.39 Å². The fourth-order valence-corrected chi connectivity index (χ4v) is 3.19. The van der Waals surface area contributed by atoms with Gasteiger partial charge in [0.15, 0.2) is 11.5 Å². The second kappa shape index (κ2) is 9.89. The molecule has 4 nitrogen and oxygen atoms in total. The van der Waals surface area contributed by atoms with Crippen molar-refractivity contribution in [1.29, 1.82) is 0 Å². The minimum absolute atomic E-state index is 0.130. The van der Waals surface area contributed by atoms with Crippen LogP contribution in [0.4, 0.5) is 10.1 Å². The first-order valence-corrected chi connectivity index (χ1v) is 9.64. The number of rotatable bonds is 7. The molecule has 0 unspecified atom stereocenters. The highest BCUT2D eigenvalue weighted by molar-refractivity contribution is 9.10. The third-order valence-corrected chi connectivity index (χ3v) is 4.63. The summed E-state index contributed by atoms with van der Waals surface area (Å²) in [5.41, 5.74) is 1.89. The van der Waals surface area contributed by atoms with Crippen molar-refractivity contribution < 1.29 is 18.7 Å². The van der Waals surface area contributed by atoms with Gasteiger partial charge < -0.3 is 14.8 Å². The highest BCUT2D eigenvalue weighted by Crippen LogP contribution is 2.37. The molecule has 0 aliphatic rings. The molecule has 29 heavy (non-hydrogen) atoms. The van der Waals surface area contributed by atoms with E-state index in [1.54, 1.807) is 31.4 Å². The van der Waals surface area contributed by atoms with Gasteiger partial charge in [-0.2, -0.15) is 0 Å². The standard InChI is InChI=1S/C23H19BrFNO3/c1-28-21-14-17(11-12-22(27)26-20-10-6-5-9-19(20)25)13-18(24)23(21)29-15-16-7-3-2-4-8-16/h2-14H,15H2,1H3,(H,26,27)/b12-11+. The Morgan fingerprint density at radius 1 is 1.10 bits per heavy atom. The average Bonchev–Trinajstić information content (AvgIpc) is 2.73. The molecule has 0 saturated heterocycles. The summed E-state index contributed by atoms with van der Waals surface area (Å²) in [6, 6.07) is 19.4. The van der Waals surface area contributed by atoms with Crippen LogP contribution in [0.5, 0.6) is 11.5 Å². The first-order valence-electron chi connectivity index (χ1n) is 8.84. The number of anilines is 1. The van der Waals surface area contributed by atoms with Gasteiger partial charge in [-0.05, 0) is 57.4 Å². The molecule has 148 valence electrons. The van der Waals surface area contributed by atoms with Crippen LogP contribution in [0.1, 0.15) is 11.1 Å². The van der Waals surface area contributed by atoms with Crippen LogP contribution in [-0.4, -0.2) is 13.0 Å². The molecule has 0 radical (unpaired) electrons. The van der Waals surface area contributed by atoms with E-state index >= 15 is 0 Å². The number of carbonyl (C=O) groups is 1. The summed E-state index contributed by atoms with van der Waals surface area (Å²) in [6.07, 6.45) is 2.95. The number of hydrogen-bond acceptors (Lipinski definition) is 3. The largest absolute Gasteiger partial charge is 0.493 e. The van der Waals surface area contributed by atoms with Gasteiger partial charge in [0.05, 0.1) is 17.3 Å². The van der Waals surface area contributed by atoms with Crippen LogP contribution in [0, 0.1) is 5.82 Å². The Morgan fingerprint density at radius 3 is 2.55 bits per heavy atom. The second-order valence-corrected chi connectivity index (χ2v) is 6.97. The van der Waals surface area contributed by atoms with E-state index in [4.69, 9.17) is 9.47 Å². The maximum Gasteiger partial charge on any atom is 0.248 e. The SMILES string of the molecule is COc1cc(/C=C/C(=O)Nc2ccccc2F)cc(Br)c1OCc1ccccc1. The average molecular weight is 456 g/mol. The first-order chi connectivity index (χ1) is 14.1. The smallest absolute Gasteiger partial charge is 0.248 e.